The molecule has 1 aliphatic carbocycles. The molecule has 2 aromatic rings. The molecule has 1 unspecified atom stereocenters. The van der Waals surface area contributed by atoms with E-state index in [0.717, 1.165) is 31.2 Å². The number of nitrogens with zero attached hydrogens (tertiary/aromatic N) is 2. The average molecular weight is 410 g/mol. The van der Waals surface area contributed by atoms with Crippen LogP contribution in [-0.4, -0.2) is 40.9 Å². The van der Waals surface area contributed by atoms with E-state index in [1.165, 1.54) is 17.1 Å². The van der Waals surface area contributed by atoms with Crippen molar-refractivity contribution in [3.63, 3.8) is 0 Å². The molecule has 2 amide bonds. The molecule has 0 bridgehead atoms. The van der Waals surface area contributed by atoms with E-state index in [2.05, 4.69) is 12.2 Å². The number of likely N-dealkylation sites (N-methyl/N-ethyl adjacent to an activating group) is 1. The minimum Gasteiger partial charge on any atom is -0.352 e. The second kappa shape index (κ2) is 10.2. The lowest BCUT2D eigenvalue weighted by Gasteiger charge is -2.23. The highest BCUT2D eigenvalue weighted by Gasteiger charge is 2.20. The van der Waals surface area contributed by atoms with E-state index in [0.29, 0.717) is 6.54 Å². The van der Waals surface area contributed by atoms with Gasteiger partial charge in [0.25, 0.3) is 11.5 Å². The van der Waals surface area contributed by atoms with Crippen LogP contribution in [0.4, 0.5) is 0 Å². The standard InChI is InChI=1S/C24H31N3O3/c1-18(19-10-5-3-6-11-19)16-26(2)23(29)21-14-9-15-27(24(21)30)17-22(28)25-20-12-7-4-8-13-20/h3,5-6,9-11,14-15,18,20H,4,7-8,12-13,16-17H2,1-2H3,(H,25,28). The Balaban J connectivity index is 1.65. The molecule has 6 nitrogen and oxygen atoms in total. The van der Waals surface area contributed by atoms with Crippen LogP contribution < -0.4 is 10.9 Å². The molecule has 0 radical (unpaired) electrons. The van der Waals surface area contributed by atoms with Gasteiger partial charge >= 0.3 is 0 Å². The first kappa shape index (κ1) is 21.8. The number of pyridine rings is 1. The average Bonchev–Trinajstić information content (AvgIpc) is 2.76. The van der Waals surface area contributed by atoms with E-state index in [4.69, 9.17) is 0 Å². The Morgan fingerprint density at radius 1 is 1.10 bits per heavy atom. The summed E-state index contributed by atoms with van der Waals surface area (Å²) in [6.07, 6.45) is 7.01. The van der Waals surface area contributed by atoms with Gasteiger partial charge in [-0.2, -0.15) is 0 Å². The third kappa shape index (κ3) is 5.59. The molecule has 1 atom stereocenters. The highest BCUT2D eigenvalue weighted by Crippen LogP contribution is 2.17. The second-order valence-electron chi connectivity index (χ2n) is 8.25. The molecule has 1 heterocycles. The van der Waals surface area contributed by atoms with Crippen LogP contribution in [0.15, 0.2) is 53.5 Å². The predicted octanol–water partition coefficient (Wildman–Crippen LogP) is 3.17. The van der Waals surface area contributed by atoms with Gasteiger partial charge in [-0.3, -0.25) is 14.4 Å². The molecule has 1 aliphatic rings. The molecular weight excluding hydrogens is 378 g/mol. The van der Waals surface area contributed by atoms with Crippen molar-refractivity contribution in [2.75, 3.05) is 13.6 Å². The van der Waals surface area contributed by atoms with Crippen LogP contribution in [0.25, 0.3) is 0 Å². The summed E-state index contributed by atoms with van der Waals surface area (Å²) in [7, 11) is 1.70. The van der Waals surface area contributed by atoms with Gasteiger partial charge in [0, 0.05) is 25.8 Å². The monoisotopic (exact) mass is 409 g/mol. The van der Waals surface area contributed by atoms with Crippen molar-refractivity contribution in [3.8, 4) is 0 Å². The van der Waals surface area contributed by atoms with Gasteiger partial charge in [0.15, 0.2) is 0 Å². The zero-order chi connectivity index (χ0) is 21.5. The van der Waals surface area contributed by atoms with E-state index < -0.39 is 5.56 Å². The highest BCUT2D eigenvalue weighted by molar-refractivity contribution is 5.93. The normalized spacial score (nSPS) is 15.4. The summed E-state index contributed by atoms with van der Waals surface area (Å²) in [6, 6.07) is 13.3. The van der Waals surface area contributed by atoms with Crippen LogP contribution in [0.2, 0.25) is 0 Å². The van der Waals surface area contributed by atoms with Gasteiger partial charge in [-0.1, -0.05) is 56.5 Å². The fraction of sp³-hybridized carbons (Fsp3) is 0.458. The molecule has 1 N–H and O–H groups in total. The van der Waals surface area contributed by atoms with Gasteiger partial charge in [0.05, 0.1) is 0 Å². The van der Waals surface area contributed by atoms with E-state index in [-0.39, 0.29) is 35.9 Å². The molecule has 0 aliphatic heterocycles. The molecule has 0 spiro atoms. The summed E-state index contributed by atoms with van der Waals surface area (Å²) in [5.74, 6) is -0.364. The van der Waals surface area contributed by atoms with Gasteiger partial charge in [0.1, 0.15) is 12.1 Å². The van der Waals surface area contributed by atoms with Crippen LogP contribution in [0.3, 0.4) is 0 Å². The number of benzene rings is 1. The molecule has 1 aromatic heterocycles. The number of nitrogens with one attached hydrogen (secondary N) is 1. The lowest BCUT2D eigenvalue weighted by molar-refractivity contribution is -0.122. The highest BCUT2D eigenvalue weighted by atomic mass is 16.2. The number of carbonyl (C=O) groups excluding carboxylic acids is 2. The SMILES string of the molecule is CC(CN(C)C(=O)c1cccn(CC(=O)NC2CCCCC2)c1=O)c1ccccc1. The van der Waals surface area contributed by atoms with Crippen LogP contribution in [-0.2, 0) is 11.3 Å². The molecule has 160 valence electrons. The first-order valence-electron chi connectivity index (χ1n) is 10.7. The van der Waals surface area contributed by atoms with Crippen molar-refractivity contribution in [2.45, 2.75) is 57.5 Å². The first-order valence-corrected chi connectivity index (χ1v) is 10.7. The van der Waals surface area contributed by atoms with E-state index >= 15 is 0 Å². The van der Waals surface area contributed by atoms with Gasteiger partial charge in [-0.05, 0) is 36.5 Å². The summed E-state index contributed by atoms with van der Waals surface area (Å²) in [4.78, 5) is 39.7. The van der Waals surface area contributed by atoms with Crippen LogP contribution >= 0.6 is 0 Å². The second-order valence-corrected chi connectivity index (χ2v) is 8.25. The Hall–Kier alpha value is -2.89. The van der Waals surface area contributed by atoms with Crippen LogP contribution in [0.1, 0.15) is 60.9 Å². The van der Waals surface area contributed by atoms with Crippen molar-refractivity contribution in [1.29, 1.82) is 0 Å². The molecule has 1 saturated carbocycles. The quantitative estimate of drug-likeness (QED) is 0.764. The van der Waals surface area contributed by atoms with Crippen molar-refractivity contribution in [3.05, 3.63) is 70.1 Å². The summed E-state index contributed by atoms with van der Waals surface area (Å²) < 4.78 is 1.32. The van der Waals surface area contributed by atoms with Crippen LogP contribution in [0.5, 0.6) is 0 Å². The number of hydrogen-bond acceptors (Lipinski definition) is 3. The van der Waals surface area contributed by atoms with Gasteiger partial charge in [-0.25, -0.2) is 0 Å². The fourth-order valence-electron chi connectivity index (χ4n) is 4.09. The Labute approximate surface area is 177 Å². The van der Waals surface area contributed by atoms with E-state index in [1.807, 2.05) is 30.3 Å². The minimum atomic E-state index is -0.430. The molecule has 1 fully saturated rings. The maximum absolute atomic E-state index is 12.9. The summed E-state index contributed by atoms with van der Waals surface area (Å²) in [6.45, 7) is 2.48. The zero-order valence-corrected chi connectivity index (χ0v) is 17.8. The van der Waals surface area contributed by atoms with E-state index in [9.17, 15) is 14.4 Å². The van der Waals surface area contributed by atoms with Crippen LogP contribution in [0, 0.1) is 0 Å². The largest absolute Gasteiger partial charge is 0.352 e. The number of carbonyl (C=O) groups is 2. The maximum atomic E-state index is 12.9. The van der Waals surface area contributed by atoms with Gasteiger partial charge < -0.3 is 14.8 Å². The van der Waals surface area contributed by atoms with Gasteiger partial charge in [0.2, 0.25) is 5.91 Å². The first-order chi connectivity index (χ1) is 14.5. The molecule has 30 heavy (non-hydrogen) atoms. The molecule has 1 aromatic carbocycles. The molecule has 6 heteroatoms. The zero-order valence-electron chi connectivity index (χ0n) is 17.8. The lowest BCUT2D eigenvalue weighted by Crippen LogP contribution is -2.41. The number of aromatic nitrogens is 1. The minimum absolute atomic E-state index is 0.0689. The number of amides is 2. The Kier molecular flexibility index (Phi) is 7.44. The lowest BCUT2D eigenvalue weighted by atomic mass is 9.95. The fourth-order valence-corrected chi connectivity index (χ4v) is 4.09. The Morgan fingerprint density at radius 3 is 2.50 bits per heavy atom. The predicted molar refractivity (Wildman–Crippen MR) is 118 cm³/mol. The smallest absolute Gasteiger partial charge is 0.263 e. The Bertz CT molecular complexity index is 917. The van der Waals surface area contributed by atoms with Crippen molar-refractivity contribution in [2.24, 2.45) is 0 Å². The summed E-state index contributed by atoms with van der Waals surface area (Å²) in [5, 5.41) is 3.02. The van der Waals surface area contributed by atoms with E-state index in [1.54, 1.807) is 24.2 Å². The maximum Gasteiger partial charge on any atom is 0.263 e. The van der Waals surface area contributed by atoms with Gasteiger partial charge in [-0.15, -0.1) is 0 Å². The molecule has 3 rings (SSSR count). The molecular formula is C24H31N3O3. The Morgan fingerprint density at radius 2 is 1.80 bits per heavy atom. The topological polar surface area (TPSA) is 71.4 Å². The summed E-state index contributed by atoms with van der Waals surface area (Å²) in [5.41, 5.74) is 0.799. The third-order valence-electron chi connectivity index (χ3n) is 5.80. The van der Waals surface area contributed by atoms with Crippen molar-refractivity contribution in [1.82, 2.24) is 14.8 Å². The molecule has 0 saturated heterocycles. The van der Waals surface area contributed by atoms with Crippen molar-refractivity contribution < 1.29 is 9.59 Å². The summed E-state index contributed by atoms with van der Waals surface area (Å²) >= 11 is 0. The number of hydrogen-bond donors (Lipinski definition) is 1. The third-order valence-corrected chi connectivity index (χ3v) is 5.80. The van der Waals surface area contributed by atoms with Crippen molar-refractivity contribution >= 4 is 11.8 Å². The number of rotatable bonds is 7.